The molecule has 1 saturated heterocycles. The molecule has 1 N–H and O–H groups in total. The number of nitrogens with zero attached hydrogens (tertiary/aromatic N) is 1. The van der Waals surface area contributed by atoms with Crippen LogP contribution in [0.15, 0.2) is 18.2 Å². The number of halogens is 2. The quantitative estimate of drug-likeness (QED) is 0.925. The smallest absolute Gasteiger partial charge is 0.256 e. The lowest BCUT2D eigenvalue weighted by atomic mass is 9.97. The van der Waals surface area contributed by atoms with Crippen LogP contribution in [0.1, 0.15) is 23.2 Å². The van der Waals surface area contributed by atoms with Crippen molar-refractivity contribution in [1.82, 2.24) is 10.2 Å². The van der Waals surface area contributed by atoms with E-state index in [-0.39, 0.29) is 11.5 Å². The first-order chi connectivity index (χ1) is 9.11. The van der Waals surface area contributed by atoms with Gasteiger partial charge in [0.1, 0.15) is 5.82 Å². The normalized spacial score (nSPS) is 19.5. The zero-order chi connectivity index (χ0) is 13.8. The molecular weight excluding hydrogens is 267 g/mol. The van der Waals surface area contributed by atoms with Gasteiger partial charge < -0.3 is 10.2 Å². The van der Waals surface area contributed by atoms with Crippen molar-refractivity contribution in [1.29, 1.82) is 0 Å². The zero-order valence-corrected chi connectivity index (χ0v) is 11.7. The van der Waals surface area contributed by atoms with Crippen LogP contribution < -0.4 is 5.32 Å². The summed E-state index contributed by atoms with van der Waals surface area (Å²) in [4.78, 5) is 14.0. The van der Waals surface area contributed by atoms with E-state index in [1.165, 1.54) is 12.1 Å². The Morgan fingerprint density at radius 2 is 2.37 bits per heavy atom. The summed E-state index contributed by atoms with van der Waals surface area (Å²) in [6, 6.07) is 4.19. The lowest BCUT2D eigenvalue weighted by Gasteiger charge is -2.32. The average Bonchev–Trinajstić information content (AvgIpc) is 2.39. The van der Waals surface area contributed by atoms with E-state index in [9.17, 15) is 9.18 Å². The highest BCUT2D eigenvalue weighted by molar-refractivity contribution is 6.30. The summed E-state index contributed by atoms with van der Waals surface area (Å²) in [5.74, 6) is -0.346. The maximum atomic E-state index is 13.8. The highest BCUT2D eigenvalue weighted by Crippen LogP contribution is 2.21. The summed E-state index contributed by atoms with van der Waals surface area (Å²) in [6.45, 7) is 2.26. The Hall–Kier alpha value is -1.13. The Kier molecular flexibility index (Phi) is 4.77. The summed E-state index contributed by atoms with van der Waals surface area (Å²) < 4.78 is 13.8. The SMILES string of the molecule is CNCC1CCCN(C(=O)c2ccc(Cl)cc2F)C1. The molecule has 1 aromatic carbocycles. The number of hydrogen-bond acceptors (Lipinski definition) is 2. The number of amides is 1. The maximum Gasteiger partial charge on any atom is 0.256 e. The second kappa shape index (κ2) is 6.35. The molecule has 0 bridgehead atoms. The summed E-state index contributed by atoms with van der Waals surface area (Å²) >= 11 is 5.70. The molecule has 104 valence electrons. The van der Waals surface area contributed by atoms with Crippen molar-refractivity contribution in [2.45, 2.75) is 12.8 Å². The van der Waals surface area contributed by atoms with Crippen molar-refractivity contribution in [3.05, 3.63) is 34.6 Å². The van der Waals surface area contributed by atoms with Gasteiger partial charge in [0.15, 0.2) is 0 Å². The molecular formula is C14H18ClFN2O. The van der Waals surface area contributed by atoms with Gasteiger partial charge in [-0.15, -0.1) is 0 Å². The van der Waals surface area contributed by atoms with Gasteiger partial charge in [-0.1, -0.05) is 11.6 Å². The fourth-order valence-corrected chi connectivity index (χ4v) is 2.70. The zero-order valence-electron chi connectivity index (χ0n) is 11.0. The third kappa shape index (κ3) is 3.45. The lowest BCUT2D eigenvalue weighted by Crippen LogP contribution is -2.42. The fourth-order valence-electron chi connectivity index (χ4n) is 2.54. The van der Waals surface area contributed by atoms with Gasteiger partial charge >= 0.3 is 0 Å². The molecule has 0 spiro atoms. The van der Waals surface area contributed by atoms with Crippen LogP contribution in [0.2, 0.25) is 5.02 Å². The van der Waals surface area contributed by atoms with Gasteiger partial charge in [0.25, 0.3) is 5.91 Å². The van der Waals surface area contributed by atoms with Gasteiger partial charge in [-0.25, -0.2) is 4.39 Å². The number of rotatable bonds is 3. The molecule has 1 heterocycles. The maximum absolute atomic E-state index is 13.8. The van der Waals surface area contributed by atoms with E-state index < -0.39 is 5.82 Å². The summed E-state index contributed by atoms with van der Waals surface area (Å²) in [5.41, 5.74) is 0.106. The van der Waals surface area contributed by atoms with Crippen molar-refractivity contribution in [2.75, 3.05) is 26.7 Å². The van der Waals surface area contributed by atoms with Gasteiger partial charge in [0.05, 0.1) is 5.56 Å². The molecule has 1 aliphatic rings. The van der Waals surface area contributed by atoms with Crippen LogP contribution in [0.4, 0.5) is 4.39 Å². The first kappa shape index (κ1) is 14.3. The molecule has 0 aliphatic carbocycles. The molecule has 0 radical (unpaired) electrons. The van der Waals surface area contributed by atoms with E-state index >= 15 is 0 Å². The first-order valence-electron chi connectivity index (χ1n) is 6.50. The minimum atomic E-state index is -0.548. The van der Waals surface area contributed by atoms with Crippen LogP contribution in [0, 0.1) is 11.7 Å². The predicted octanol–water partition coefficient (Wildman–Crippen LogP) is 2.55. The molecule has 1 fully saturated rings. The standard InChI is InChI=1S/C14H18ClFN2O/c1-17-8-10-3-2-6-18(9-10)14(19)12-5-4-11(15)7-13(12)16/h4-5,7,10,17H,2-3,6,8-9H2,1H3. The van der Waals surface area contributed by atoms with Crippen molar-refractivity contribution in [3.63, 3.8) is 0 Å². The van der Waals surface area contributed by atoms with Gasteiger partial charge in [0, 0.05) is 18.1 Å². The van der Waals surface area contributed by atoms with E-state index in [0.29, 0.717) is 24.0 Å². The van der Waals surface area contributed by atoms with Gasteiger partial charge in [-0.05, 0) is 50.6 Å². The topological polar surface area (TPSA) is 32.3 Å². The molecule has 5 heteroatoms. The van der Waals surface area contributed by atoms with Gasteiger partial charge in [0.2, 0.25) is 0 Å². The number of benzene rings is 1. The molecule has 1 aliphatic heterocycles. The number of carbonyl (C=O) groups excluding carboxylic acids is 1. The molecule has 3 nitrogen and oxygen atoms in total. The third-order valence-electron chi connectivity index (χ3n) is 3.46. The molecule has 1 unspecified atom stereocenters. The first-order valence-corrected chi connectivity index (χ1v) is 6.88. The van der Waals surface area contributed by atoms with Crippen molar-refractivity contribution >= 4 is 17.5 Å². The average molecular weight is 285 g/mol. The molecule has 0 aromatic heterocycles. The third-order valence-corrected chi connectivity index (χ3v) is 3.70. The Morgan fingerprint density at radius 1 is 1.58 bits per heavy atom. The fraction of sp³-hybridized carbons (Fsp3) is 0.500. The minimum Gasteiger partial charge on any atom is -0.338 e. The van der Waals surface area contributed by atoms with Crippen molar-refractivity contribution in [2.24, 2.45) is 5.92 Å². The highest BCUT2D eigenvalue weighted by atomic mass is 35.5. The largest absolute Gasteiger partial charge is 0.338 e. The van der Waals surface area contributed by atoms with Crippen LogP contribution in [-0.4, -0.2) is 37.5 Å². The van der Waals surface area contributed by atoms with Crippen LogP contribution in [0.3, 0.4) is 0 Å². The number of hydrogen-bond donors (Lipinski definition) is 1. The number of carbonyl (C=O) groups is 1. The highest BCUT2D eigenvalue weighted by Gasteiger charge is 2.25. The molecule has 1 aromatic rings. The molecule has 1 atom stereocenters. The van der Waals surface area contributed by atoms with E-state index in [1.54, 1.807) is 11.0 Å². The number of nitrogens with one attached hydrogen (secondary N) is 1. The summed E-state index contributed by atoms with van der Waals surface area (Å²) in [7, 11) is 1.90. The number of likely N-dealkylation sites (tertiary alicyclic amines) is 1. The number of piperidine rings is 1. The Morgan fingerprint density at radius 3 is 3.05 bits per heavy atom. The minimum absolute atomic E-state index is 0.106. The monoisotopic (exact) mass is 284 g/mol. The van der Waals surface area contributed by atoms with Crippen LogP contribution >= 0.6 is 11.6 Å². The van der Waals surface area contributed by atoms with E-state index in [2.05, 4.69) is 5.32 Å². The molecule has 0 saturated carbocycles. The predicted molar refractivity (Wildman–Crippen MR) is 74.0 cm³/mol. The lowest BCUT2D eigenvalue weighted by molar-refractivity contribution is 0.0669. The summed E-state index contributed by atoms with van der Waals surface area (Å²) in [6.07, 6.45) is 2.07. The van der Waals surface area contributed by atoms with Crippen LogP contribution in [-0.2, 0) is 0 Å². The second-order valence-electron chi connectivity index (χ2n) is 4.94. The van der Waals surface area contributed by atoms with E-state index in [1.807, 2.05) is 7.05 Å². The van der Waals surface area contributed by atoms with E-state index in [4.69, 9.17) is 11.6 Å². The van der Waals surface area contributed by atoms with Crippen LogP contribution in [0.5, 0.6) is 0 Å². The van der Waals surface area contributed by atoms with Crippen molar-refractivity contribution in [3.8, 4) is 0 Å². The molecule has 19 heavy (non-hydrogen) atoms. The van der Waals surface area contributed by atoms with E-state index in [0.717, 1.165) is 19.4 Å². The van der Waals surface area contributed by atoms with Gasteiger partial charge in [-0.2, -0.15) is 0 Å². The molecule has 2 rings (SSSR count). The Balaban J connectivity index is 2.10. The molecule has 1 amide bonds. The van der Waals surface area contributed by atoms with Gasteiger partial charge in [-0.3, -0.25) is 4.79 Å². The van der Waals surface area contributed by atoms with Crippen LogP contribution in [0.25, 0.3) is 0 Å². The Bertz CT molecular complexity index is 465. The second-order valence-corrected chi connectivity index (χ2v) is 5.38. The summed E-state index contributed by atoms with van der Waals surface area (Å²) in [5, 5.41) is 3.43. The Labute approximate surface area is 117 Å². The van der Waals surface area contributed by atoms with Crippen molar-refractivity contribution < 1.29 is 9.18 Å².